The number of ether oxygens (including phenoxy) is 2. The molecule has 25 heavy (non-hydrogen) atoms. The highest BCUT2D eigenvalue weighted by Crippen LogP contribution is 2.38. The molecule has 0 aliphatic carbocycles. The lowest BCUT2D eigenvalue weighted by Gasteiger charge is -2.14. The van der Waals surface area contributed by atoms with Gasteiger partial charge in [0.2, 0.25) is 5.91 Å². The van der Waals surface area contributed by atoms with E-state index in [1.807, 2.05) is 18.2 Å². The third-order valence-electron chi connectivity index (χ3n) is 4.21. The monoisotopic (exact) mass is 405 g/mol. The summed E-state index contributed by atoms with van der Waals surface area (Å²) in [6.07, 6.45) is 1.06. The predicted molar refractivity (Wildman–Crippen MR) is 104 cm³/mol. The molecule has 0 heterocycles. The quantitative estimate of drug-likeness (QED) is 0.757. The number of carbonyl (C=O) groups excluding carboxylic acids is 1. The second kappa shape index (κ2) is 8.90. The Labute approximate surface area is 157 Å². The summed E-state index contributed by atoms with van der Waals surface area (Å²) < 4.78 is 11.7. The first-order valence-electron chi connectivity index (χ1n) is 8.18. The van der Waals surface area contributed by atoms with Crippen LogP contribution in [0.1, 0.15) is 22.3 Å². The molecule has 0 aromatic heterocycles. The molecule has 1 N–H and O–H groups in total. The Morgan fingerprint density at radius 2 is 1.76 bits per heavy atom. The molecular formula is C20H24BrNO3. The van der Waals surface area contributed by atoms with Gasteiger partial charge in [-0.05, 0) is 64.5 Å². The van der Waals surface area contributed by atoms with E-state index in [0.717, 1.165) is 15.6 Å². The highest BCUT2D eigenvalue weighted by Gasteiger charge is 2.13. The molecule has 0 saturated heterocycles. The van der Waals surface area contributed by atoms with E-state index in [-0.39, 0.29) is 5.91 Å². The second-order valence-electron chi connectivity index (χ2n) is 5.97. The Morgan fingerprint density at radius 1 is 1.04 bits per heavy atom. The lowest BCUT2D eigenvalue weighted by molar-refractivity contribution is -0.120. The third-order valence-corrected chi connectivity index (χ3v) is 4.83. The summed E-state index contributed by atoms with van der Waals surface area (Å²) in [7, 11) is 3.23. The van der Waals surface area contributed by atoms with Gasteiger partial charge in [-0.1, -0.05) is 24.3 Å². The summed E-state index contributed by atoms with van der Waals surface area (Å²) in [5.74, 6) is 1.38. The van der Waals surface area contributed by atoms with E-state index in [9.17, 15) is 4.79 Å². The first-order chi connectivity index (χ1) is 12.0. The molecule has 0 bridgehead atoms. The van der Waals surface area contributed by atoms with E-state index in [1.165, 1.54) is 11.1 Å². The molecule has 134 valence electrons. The van der Waals surface area contributed by atoms with E-state index in [0.29, 0.717) is 30.9 Å². The van der Waals surface area contributed by atoms with Gasteiger partial charge in [0.15, 0.2) is 11.5 Å². The molecule has 0 radical (unpaired) electrons. The van der Waals surface area contributed by atoms with Gasteiger partial charge in [-0.3, -0.25) is 4.79 Å². The molecule has 4 nitrogen and oxygen atoms in total. The zero-order valence-electron chi connectivity index (χ0n) is 15.1. The highest BCUT2D eigenvalue weighted by molar-refractivity contribution is 9.10. The molecule has 2 rings (SSSR count). The first-order valence-corrected chi connectivity index (χ1v) is 8.97. The number of aryl methyl sites for hydroxylation is 2. The minimum atomic E-state index is 0.0197. The standard InChI is InChI=1S/C20H24BrNO3/c1-13-5-6-15(11-14(13)2)12-18(23)22-10-9-16-7-8-17(21)20(25-4)19(16)24-3/h5-8,11H,9-10,12H2,1-4H3,(H,22,23). The maximum absolute atomic E-state index is 12.2. The maximum atomic E-state index is 12.2. The van der Waals surface area contributed by atoms with Crippen LogP contribution in [-0.4, -0.2) is 26.7 Å². The molecule has 0 saturated carbocycles. The molecule has 0 spiro atoms. The lowest BCUT2D eigenvalue weighted by atomic mass is 10.0. The van der Waals surface area contributed by atoms with E-state index < -0.39 is 0 Å². The van der Waals surface area contributed by atoms with Crippen LogP contribution in [0.3, 0.4) is 0 Å². The van der Waals surface area contributed by atoms with Crippen molar-refractivity contribution in [3.05, 3.63) is 57.1 Å². The van der Waals surface area contributed by atoms with Gasteiger partial charge in [-0.25, -0.2) is 0 Å². The summed E-state index contributed by atoms with van der Waals surface area (Å²) >= 11 is 3.45. The number of halogens is 1. The summed E-state index contributed by atoms with van der Waals surface area (Å²) in [5.41, 5.74) is 4.47. The Morgan fingerprint density at radius 3 is 2.40 bits per heavy atom. The summed E-state index contributed by atoms with van der Waals surface area (Å²) in [4.78, 5) is 12.2. The van der Waals surface area contributed by atoms with Crippen LogP contribution in [0.2, 0.25) is 0 Å². The number of methoxy groups -OCH3 is 2. The topological polar surface area (TPSA) is 47.6 Å². The van der Waals surface area contributed by atoms with Gasteiger partial charge in [-0.15, -0.1) is 0 Å². The molecule has 0 fully saturated rings. The number of nitrogens with one attached hydrogen (secondary N) is 1. The zero-order valence-corrected chi connectivity index (χ0v) is 16.7. The van der Waals surface area contributed by atoms with Gasteiger partial charge < -0.3 is 14.8 Å². The van der Waals surface area contributed by atoms with Crippen LogP contribution >= 0.6 is 15.9 Å². The lowest BCUT2D eigenvalue weighted by Crippen LogP contribution is -2.27. The van der Waals surface area contributed by atoms with Crippen molar-refractivity contribution in [3.8, 4) is 11.5 Å². The summed E-state index contributed by atoms with van der Waals surface area (Å²) in [5, 5.41) is 2.97. The van der Waals surface area contributed by atoms with Gasteiger partial charge in [-0.2, -0.15) is 0 Å². The fourth-order valence-corrected chi connectivity index (χ4v) is 3.16. The van der Waals surface area contributed by atoms with Crippen molar-refractivity contribution >= 4 is 21.8 Å². The van der Waals surface area contributed by atoms with E-state index in [2.05, 4.69) is 47.2 Å². The van der Waals surface area contributed by atoms with Gasteiger partial charge in [0.1, 0.15) is 0 Å². The average molecular weight is 406 g/mol. The highest BCUT2D eigenvalue weighted by atomic mass is 79.9. The average Bonchev–Trinajstić information content (AvgIpc) is 2.59. The number of hydrogen-bond donors (Lipinski definition) is 1. The van der Waals surface area contributed by atoms with E-state index >= 15 is 0 Å². The minimum absolute atomic E-state index is 0.0197. The normalized spacial score (nSPS) is 10.4. The van der Waals surface area contributed by atoms with E-state index in [4.69, 9.17) is 9.47 Å². The largest absolute Gasteiger partial charge is 0.493 e. The van der Waals surface area contributed by atoms with Gasteiger partial charge in [0.25, 0.3) is 0 Å². The van der Waals surface area contributed by atoms with Crippen LogP contribution in [-0.2, 0) is 17.6 Å². The smallest absolute Gasteiger partial charge is 0.224 e. The van der Waals surface area contributed by atoms with Crippen molar-refractivity contribution in [2.45, 2.75) is 26.7 Å². The van der Waals surface area contributed by atoms with Crippen molar-refractivity contribution in [1.82, 2.24) is 5.32 Å². The van der Waals surface area contributed by atoms with Crippen LogP contribution in [0, 0.1) is 13.8 Å². The molecule has 0 aliphatic heterocycles. The van der Waals surface area contributed by atoms with Crippen molar-refractivity contribution in [2.75, 3.05) is 20.8 Å². The van der Waals surface area contributed by atoms with Crippen LogP contribution in [0.15, 0.2) is 34.8 Å². The summed E-state index contributed by atoms with van der Waals surface area (Å²) in [6.45, 7) is 4.67. The Bertz CT molecular complexity index is 759. The number of hydrogen-bond acceptors (Lipinski definition) is 3. The SMILES string of the molecule is COc1c(Br)ccc(CCNC(=O)Cc2ccc(C)c(C)c2)c1OC. The van der Waals surface area contributed by atoms with Crippen LogP contribution in [0.4, 0.5) is 0 Å². The molecule has 2 aromatic rings. The molecule has 0 aliphatic rings. The fraction of sp³-hybridized carbons (Fsp3) is 0.350. The van der Waals surface area contributed by atoms with Crippen molar-refractivity contribution in [2.24, 2.45) is 0 Å². The Kier molecular flexibility index (Phi) is 6.88. The minimum Gasteiger partial charge on any atom is -0.493 e. The second-order valence-corrected chi connectivity index (χ2v) is 6.82. The first kappa shape index (κ1) is 19.3. The number of carbonyl (C=O) groups is 1. The molecular weight excluding hydrogens is 382 g/mol. The van der Waals surface area contributed by atoms with Crippen LogP contribution < -0.4 is 14.8 Å². The predicted octanol–water partition coefficient (Wildman–Crippen LogP) is 3.98. The molecule has 2 aromatic carbocycles. The molecule has 5 heteroatoms. The molecule has 0 atom stereocenters. The van der Waals surface area contributed by atoms with Crippen molar-refractivity contribution < 1.29 is 14.3 Å². The Hall–Kier alpha value is -2.01. The molecule has 0 unspecified atom stereocenters. The van der Waals surface area contributed by atoms with E-state index in [1.54, 1.807) is 14.2 Å². The fourth-order valence-electron chi connectivity index (χ4n) is 2.69. The Balaban J connectivity index is 1.94. The zero-order chi connectivity index (χ0) is 18.4. The summed E-state index contributed by atoms with van der Waals surface area (Å²) in [6, 6.07) is 10.0. The number of benzene rings is 2. The molecule has 1 amide bonds. The van der Waals surface area contributed by atoms with Crippen molar-refractivity contribution in [1.29, 1.82) is 0 Å². The van der Waals surface area contributed by atoms with Crippen molar-refractivity contribution in [3.63, 3.8) is 0 Å². The maximum Gasteiger partial charge on any atom is 0.224 e. The van der Waals surface area contributed by atoms with Gasteiger partial charge in [0.05, 0.1) is 25.1 Å². The van der Waals surface area contributed by atoms with Gasteiger partial charge >= 0.3 is 0 Å². The van der Waals surface area contributed by atoms with Crippen LogP contribution in [0.25, 0.3) is 0 Å². The van der Waals surface area contributed by atoms with Gasteiger partial charge in [0, 0.05) is 6.54 Å². The number of rotatable bonds is 7. The van der Waals surface area contributed by atoms with Crippen LogP contribution in [0.5, 0.6) is 11.5 Å². The third kappa shape index (κ3) is 4.98. The number of amides is 1.